The topological polar surface area (TPSA) is 59.0 Å². The zero-order valence-electron chi connectivity index (χ0n) is 10.2. The van der Waals surface area contributed by atoms with Crippen molar-refractivity contribution in [3.8, 4) is 11.8 Å². The van der Waals surface area contributed by atoms with Gasteiger partial charge in [-0.2, -0.15) is 5.26 Å². The molecular formula is C14H17ClN2O. The summed E-state index contributed by atoms with van der Waals surface area (Å²) in [6, 6.07) is 7.20. The summed E-state index contributed by atoms with van der Waals surface area (Å²) < 4.78 is 5.76. The monoisotopic (exact) mass is 264 g/mol. The number of hydrogen-bond acceptors (Lipinski definition) is 3. The second kappa shape index (κ2) is 6.08. The Morgan fingerprint density at radius 2 is 2.17 bits per heavy atom. The molecule has 2 atom stereocenters. The van der Waals surface area contributed by atoms with Gasteiger partial charge in [0, 0.05) is 11.1 Å². The lowest BCUT2D eigenvalue weighted by atomic mass is 9.97. The van der Waals surface area contributed by atoms with E-state index in [1.807, 2.05) is 0 Å². The molecule has 0 bridgehead atoms. The SMILES string of the molecule is N#Cc1ccc(Cl)cc1OCC1CCCC1CN. The van der Waals surface area contributed by atoms with Gasteiger partial charge in [-0.1, -0.05) is 18.0 Å². The van der Waals surface area contributed by atoms with Crippen LogP contribution in [0.1, 0.15) is 24.8 Å². The third-order valence-electron chi connectivity index (χ3n) is 3.64. The van der Waals surface area contributed by atoms with Crippen LogP contribution in [-0.4, -0.2) is 13.2 Å². The first-order chi connectivity index (χ1) is 8.74. The van der Waals surface area contributed by atoms with E-state index in [1.165, 1.54) is 12.8 Å². The molecule has 96 valence electrons. The number of hydrogen-bond donors (Lipinski definition) is 1. The van der Waals surface area contributed by atoms with Crippen molar-refractivity contribution in [1.29, 1.82) is 5.26 Å². The lowest BCUT2D eigenvalue weighted by molar-refractivity contribution is 0.216. The Bertz CT molecular complexity index is 456. The molecule has 0 saturated heterocycles. The second-order valence-electron chi connectivity index (χ2n) is 4.75. The summed E-state index contributed by atoms with van der Waals surface area (Å²) in [4.78, 5) is 0. The zero-order valence-corrected chi connectivity index (χ0v) is 11.0. The van der Waals surface area contributed by atoms with Crippen LogP contribution < -0.4 is 10.5 Å². The van der Waals surface area contributed by atoms with Crippen molar-refractivity contribution >= 4 is 11.6 Å². The van der Waals surface area contributed by atoms with E-state index in [9.17, 15) is 0 Å². The number of ether oxygens (including phenoxy) is 1. The molecule has 4 heteroatoms. The van der Waals surface area contributed by atoms with Crippen LogP contribution in [0.4, 0.5) is 0 Å². The van der Waals surface area contributed by atoms with E-state index >= 15 is 0 Å². The number of rotatable bonds is 4. The maximum Gasteiger partial charge on any atom is 0.138 e. The van der Waals surface area contributed by atoms with E-state index in [0.717, 1.165) is 6.42 Å². The maximum atomic E-state index is 9.01. The van der Waals surface area contributed by atoms with Crippen LogP contribution in [0.15, 0.2) is 18.2 Å². The van der Waals surface area contributed by atoms with Gasteiger partial charge in [0.25, 0.3) is 0 Å². The van der Waals surface area contributed by atoms with E-state index in [-0.39, 0.29) is 0 Å². The van der Waals surface area contributed by atoms with E-state index in [1.54, 1.807) is 18.2 Å². The number of halogens is 1. The third kappa shape index (κ3) is 2.95. The summed E-state index contributed by atoms with van der Waals surface area (Å²) in [5.41, 5.74) is 6.27. The van der Waals surface area contributed by atoms with Crippen LogP contribution in [0, 0.1) is 23.2 Å². The van der Waals surface area contributed by atoms with Gasteiger partial charge in [-0.05, 0) is 43.4 Å². The normalized spacial score (nSPS) is 22.7. The molecule has 18 heavy (non-hydrogen) atoms. The Balaban J connectivity index is 2.02. The molecule has 1 aromatic rings. The summed E-state index contributed by atoms with van der Waals surface area (Å²) >= 11 is 5.92. The fraction of sp³-hybridized carbons (Fsp3) is 0.500. The van der Waals surface area contributed by atoms with Crippen molar-refractivity contribution in [1.82, 2.24) is 0 Å². The van der Waals surface area contributed by atoms with Gasteiger partial charge in [0.15, 0.2) is 0 Å². The van der Waals surface area contributed by atoms with Crippen molar-refractivity contribution < 1.29 is 4.74 Å². The molecule has 2 rings (SSSR count). The molecule has 1 aliphatic carbocycles. The Labute approximate surface area is 112 Å². The quantitative estimate of drug-likeness (QED) is 0.910. The predicted octanol–water partition coefficient (Wildman–Crippen LogP) is 2.97. The molecule has 1 fully saturated rings. The molecule has 0 radical (unpaired) electrons. The molecular weight excluding hydrogens is 248 g/mol. The van der Waals surface area contributed by atoms with Gasteiger partial charge in [0.05, 0.1) is 12.2 Å². The molecule has 1 saturated carbocycles. The first-order valence-electron chi connectivity index (χ1n) is 6.27. The van der Waals surface area contributed by atoms with Gasteiger partial charge in [0.2, 0.25) is 0 Å². The van der Waals surface area contributed by atoms with Gasteiger partial charge >= 0.3 is 0 Å². The van der Waals surface area contributed by atoms with Gasteiger partial charge in [-0.15, -0.1) is 0 Å². The summed E-state index contributed by atoms with van der Waals surface area (Å²) in [5, 5.41) is 9.60. The van der Waals surface area contributed by atoms with Gasteiger partial charge < -0.3 is 10.5 Å². The Morgan fingerprint density at radius 1 is 1.39 bits per heavy atom. The average Bonchev–Trinajstić information content (AvgIpc) is 2.84. The molecule has 1 aliphatic rings. The molecule has 0 spiro atoms. The van der Waals surface area contributed by atoms with Crippen LogP contribution in [0.3, 0.4) is 0 Å². The average molecular weight is 265 g/mol. The summed E-state index contributed by atoms with van der Waals surface area (Å²) in [5.74, 6) is 1.63. The highest BCUT2D eigenvalue weighted by Crippen LogP contribution is 2.32. The van der Waals surface area contributed by atoms with E-state index in [0.29, 0.717) is 41.3 Å². The molecule has 2 unspecified atom stereocenters. The van der Waals surface area contributed by atoms with E-state index in [4.69, 9.17) is 27.3 Å². The second-order valence-corrected chi connectivity index (χ2v) is 5.19. The molecule has 0 heterocycles. The zero-order chi connectivity index (χ0) is 13.0. The minimum atomic E-state index is 0.500. The minimum Gasteiger partial charge on any atom is -0.492 e. The molecule has 3 nitrogen and oxygen atoms in total. The van der Waals surface area contributed by atoms with Crippen LogP contribution in [0.5, 0.6) is 5.75 Å². The predicted molar refractivity (Wildman–Crippen MR) is 71.5 cm³/mol. The van der Waals surface area contributed by atoms with Crippen molar-refractivity contribution in [3.63, 3.8) is 0 Å². The Morgan fingerprint density at radius 3 is 2.89 bits per heavy atom. The lowest BCUT2D eigenvalue weighted by Crippen LogP contribution is -2.23. The van der Waals surface area contributed by atoms with Crippen molar-refractivity contribution in [2.24, 2.45) is 17.6 Å². The van der Waals surface area contributed by atoms with Crippen LogP contribution in [0.25, 0.3) is 0 Å². The van der Waals surface area contributed by atoms with Gasteiger partial charge in [0.1, 0.15) is 11.8 Å². The molecule has 1 aromatic carbocycles. The van der Waals surface area contributed by atoms with E-state index < -0.39 is 0 Å². The molecule has 2 N–H and O–H groups in total. The third-order valence-corrected chi connectivity index (χ3v) is 3.87. The van der Waals surface area contributed by atoms with Crippen LogP contribution >= 0.6 is 11.6 Å². The highest BCUT2D eigenvalue weighted by molar-refractivity contribution is 6.30. The highest BCUT2D eigenvalue weighted by Gasteiger charge is 2.26. The van der Waals surface area contributed by atoms with Crippen molar-refractivity contribution in [2.75, 3.05) is 13.2 Å². The summed E-state index contributed by atoms with van der Waals surface area (Å²) in [6.07, 6.45) is 3.56. The molecule has 0 aliphatic heterocycles. The number of nitrogens with two attached hydrogens (primary N) is 1. The number of benzene rings is 1. The highest BCUT2D eigenvalue weighted by atomic mass is 35.5. The smallest absolute Gasteiger partial charge is 0.138 e. The van der Waals surface area contributed by atoms with Crippen LogP contribution in [0.2, 0.25) is 5.02 Å². The maximum absolute atomic E-state index is 9.01. The first-order valence-corrected chi connectivity index (χ1v) is 6.65. The van der Waals surface area contributed by atoms with Crippen molar-refractivity contribution in [3.05, 3.63) is 28.8 Å². The molecule has 0 aromatic heterocycles. The van der Waals surface area contributed by atoms with Crippen LogP contribution in [-0.2, 0) is 0 Å². The minimum absolute atomic E-state index is 0.500. The van der Waals surface area contributed by atoms with Gasteiger partial charge in [-0.3, -0.25) is 0 Å². The first kappa shape index (κ1) is 13.2. The number of nitriles is 1. The van der Waals surface area contributed by atoms with Gasteiger partial charge in [-0.25, -0.2) is 0 Å². The summed E-state index contributed by atoms with van der Waals surface area (Å²) in [7, 11) is 0. The summed E-state index contributed by atoms with van der Waals surface area (Å²) in [6.45, 7) is 1.34. The van der Waals surface area contributed by atoms with Crippen molar-refractivity contribution in [2.45, 2.75) is 19.3 Å². The van der Waals surface area contributed by atoms with E-state index in [2.05, 4.69) is 6.07 Å². The Kier molecular flexibility index (Phi) is 4.46. The fourth-order valence-electron chi connectivity index (χ4n) is 2.55. The number of nitrogens with zero attached hydrogens (tertiary/aromatic N) is 1. The standard InChI is InChI=1S/C14H17ClN2O/c15-13-5-4-11(8-17)14(6-13)18-9-12-3-1-2-10(12)7-16/h4-6,10,12H,1-3,7,9,16H2. The largest absolute Gasteiger partial charge is 0.492 e. The lowest BCUT2D eigenvalue weighted by Gasteiger charge is -2.18. The molecule has 0 amide bonds. The fourth-order valence-corrected chi connectivity index (χ4v) is 2.71. The Hall–Kier alpha value is -1.24.